The summed E-state index contributed by atoms with van der Waals surface area (Å²) in [5, 5.41) is 10.5. The van der Waals surface area contributed by atoms with E-state index in [9.17, 15) is 4.79 Å². The quantitative estimate of drug-likeness (QED) is 0.879. The molecule has 1 aromatic rings. The Hall–Kier alpha value is -1.07. The Balaban J connectivity index is 1.81. The molecular formula is C11H14O4S. The van der Waals surface area contributed by atoms with Gasteiger partial charge in [0.1, 0.15) is 10.6 Å². The second-order valence-corrected chi connectivity index (χ2v) is 4.73. The minimum absolute atomic E-state index is 0.321. The number of aromatic carboxylic acids is 1. The number of carboxylic acids is 1. The van der Waals surface area contributed by atoms with E-state index in [0.717, 1.165) is 26.1 Å². The topological polar surface area (TPSA) is 55.8 Å². The lowest BCUT2D eigenvalue weighted by atomic mass is 10.0. The molecule has 0 bridgehead atoms. The molecule has 16 heavy (non-hydrogen) atoms. The fourth-order valence-electron chi connectivity index (χ4n) is 1.63. The number of rotatable bonds is 4. The molecule has 1 saturated heterocycles. The maximum Gasteiger partial charge on any atom is 0.346 e. The molecule has 2 heterocycles. The van der Waals surface area contributed by atoms with Gasteiger partial charge < -0.3 is 14.6 Å². The molecule has 0 aliphatic carbocycles. The molecule has 2 rings (SSSR count). The van der Waals surface area contributed by atoms with Crippen LogP contribution in [0.5, 0.6) is 5.75 Å². The lowest BCUT2D eigenvalue weighted by molar-refractivity contribution is 0.0498. The van der Waals surface area contributed by atoms with Crippen LogP contribution in [0, 0.1) is 5.92 Å². The maximum absolute atomic E-state index is 10.7. The third-order valence-electron chi connectivity index (χ3n) is 2.61. The van der Waals surface area contributed by atoms with Gasteiger partial charge in [0.05, 0.1) is 6.61 Å². The summed E-state index contributed by atoms with van der Waals surface area (Å²) in [4.78, 5) is 11.0. The van der Waals surface area contributed by atoms with E-state index in [2.05, 4.69) is 0 Å². The molecule has 1 fully saturated rings. The monoisotopic (exact) mass is 242 g/mol. The van der Waals surface area contributed by atoms with Crippen molar-refractivity contribution in [1.29, 1.82) is 0 Å². The van der Waals surface area contributed by atoms with Crippen LogP contribution in [0.2, 0.25) is 0 Å². The molecule has 88 valence electrons. The lowest BCUT2D eigenvalue weighted by Crippen LogP contribution is -2.21. The van der Waals surface area contributed by atoms with E-state index in [1.165, 1.54) is 11.3 Å². The van der Waals surface area contributed by atoms with E-state index in [-0.39, 0.29) is 0 Å². The zero-order valence-electron chi connectivity index (χ0n) is 8.85. The second kappa shape index (κ2) is 5.32. The average Bonchev–Trinajstić information content (AvgIpc) is 2.76. The van der Waals surface area contributed by atoms with E-state index in [1.54, 1.807) is 11.4 Å². The van der Waals surface area contributed by atoms with Crippen molar-refractivity contribution < 1.29 is 19.4 Å². The molecule has 0 unspecified atom stereocenters. The Kier molecular flexibility index (Phi) is 3.79. The Labute approximate surface area is 97.8 Å². The van der Waals surface area contributed by atoms with Gasteiger partial charge in [-0.1, -0.05) is 0 Å². The standard InChI is InChI=1S/C11H14O4S/c12-11(13)10-5-9(7-16-10)15-6-8-1-3-14-4-2-8/h5,7-8H,1-4,6H2,(H,12,13). The van der Waals surface area contributed by atoms with Gasteiger partial charge in [-0.3, -0.25) is 0 Å². The third kappa shape index (κ3) is 2.96. The van der Waals surface area contributed by atoms with Crippen LogP contribution in [0.15, 0.2) is 11.4 Å². The van der Waals surface area contributed by atoms with Crippen LogP contribution in [0.25, 0.3) is 0 Å². The smallest absolute Gasteiger partial charge is 0.346 e. The molecule has 1 aliphatic heterocycles. The van der Waals surface area contributed by atoms with Crippen LogP contribution in [-0.2, 0) is 4.74 Å². The first kappa shape index (κ1) is 11.4. The van der Waals surface area contributed by atoms with Gasteiger partial charge in [-0.25, -0.2) is 4.79 Å². The van der Waals surface area contributed by atoms with Crippen molar-refractivity contribution in [2.24, 2.45) is 5.92 Å². The number of hydrogen-bond acceptors (Lipinski definition) is 4. The summed E-state index contributed by atoms with van der Waals surface area (Å²) in [5.41, 5.74) is 0. The van der Waals surface area contributed by atoms with E-state index >= 15 is 0 Å². The average molecular weight is 242 g/mol. The summed E-state index contributed by atoms with van der Waals surface area (Å²) in [6, 6.07) is 1.58. The second-order valence-electron chi connectivity index (χ2n) is 3.82. The summed E-state index contributed by atoms with van der Waals surface area (Å²) in [7, 11) is 0. The van der Waals surface area contributed by atoms with Gasteiger partial charge in [0.2, 0.25) is 0 Å². The number of hydrogen-bond donors (Lipinski definition) is 1. The first-order chi connectivity index (χ1) is 7.75. The van der Waals surface area contributed by atoms with Crippen molar-refractivity contribution in [2.75, 3.05) is 19.8 Å². The van der Waals surface area contributed by atoms with Gasteiger partial charge in [-0.05, 0) is 18.8 Å². The fraction of sp³-hybridized carbons (Fsp3) is 0.545. The molecule has 0 aromatic carbocycles. The SMILES string of the molecule is O=C(O)c1cc(OCC2CCOCC2)cs1. The van der Waals surface area contributed by atoms with Crippen LogP contribution in [0.3, 0.4) is 0 Å². The molecule has 5 heteroatoms. The first-order valence-corrected chi connectivity index (χ1v) is 6.16. The Bertz CT molecular complexity index is 355. The number of carbonyl (C=O) groups is 1. The van der Waals surface area contributed by atoms with Gasteiger partial charge in [0, 0.05) is 24.7 Å². The lowest BCUT2D eigenvalue weighted by Gasteiger charge is -2.21. The zero-order chi connectivity index (χ0) is 11.4. The molecule has 0 amide bonds. The number of carboxylic acid groups (broad SMARTS) is 1. The van der Waals surface area contributed by atoms with Gasteiger partial charge in [0.25, 0.3) is 0 Å². The van der Waals surface area contributed by atoms with Gasteiger partial charge >= 0.3 is 5.97 Å². The predicted molar refractivity (Wildman–Crippen MR) is 60.3 cm³/mol. The summed E-state index contributed by atoms with van der Waals surface area (Å²) >= 11 is 1.20. The molecule has 4 nitrogen and oxygen atoms in total. The van der Waals surface area contributed by atoms with E-state index < -0.39 is 5.97 Å². The highest BCUT2D eigenvalue weighted by Gasteiger charge is 2.15. The predicted octanol–water partition coefficient (Wildman–Crippen LogP) is 2.25. The minimum atomic E-state index is -0.897. The summed E-state index contributed by atoms with van der Waals surface area (Å²) in [6.45, 7) is 2.26. The van der Waals surface area contributed by atoms with E-state index in [0.29, 0.717) is 23.2 Å². The molecule has 1 aliphatic rings. The van der Waals surface area contributed by atoms with Crippen LogP contribution in [0.1, 0.15) is 22.5 Å². The molecule has 0 saturated carbocycles. The molecule has 1 N–H and O–H groups in total. The van der Waals surface area contributed by atoms with Crippen molar-refractivity contribution in [3.05, 3.63) is 16.3 Å². The van der Waals surface area contributed by atoms with Crippen LogP contribution >= 0.6 is 11.3 Å². The summed E-state index contributed by atoms with van der Waals surface area (Å²) in [5.74, 6) is 0.293. The fourth-order valence-corrected chi connectivity index (χ4v) is 2.30. The van der Waals surface area contributed by atoms with Gasteiger partial charge in [0.15, 0.2) is 0 Å². The largest absolute Gasteiger partial charge is 0.492 e. The van der Waals surface area contributed by atoms with Crippen molar-refractivity contribution in [1.82, 2.24) is 0 Å². The van der Waals surface area contributed by atoms with Gasteiger partial charge in [-0.15, -0.1) is 11.3 Å². The Morgan fingerprint density at radius 3 is 2.94 bits per heavy atom. The molecule has 0 atom stereocenters. The minimum Gasteiger partial charge on any atom is -0.492 e. The maximum atomic E-state index is 10.7. The molecule has 1 aromatic heterocycles. The Morgan fingerprint density at radius 2 is 2.31 bits per heavy atom. The van der Waals surface area contributed by atoms with Crippen LogP contribution in [0.4, 0.5) is 0 Å². The highest BCUT2D eigenvalue weighted by molar-refractivity contribution is 7.12. The van der Waals surface area contributed by atoms with Crippen molar-refractivity contribution in [3.63, 3.8) is 0 Å². The first-order valence-electron chi connectivity index (χ1n) is 5.28. The van der Waals surface area contributed by atoms with E-state index in [1.807, 2.05) is 0 Å². The van der Waals surface area contributed by atoms with Crippen molar-refractivity contribution >= 4 is 17.3 Å². The Morgan fingerprint density at radius 1 is 1.56 bits per heavy atom. The molecule has 0 spiro atoms. The number of thiophene rings is 1. The summed E-state index contributed by atoms with van der Waals surface area (Å²) in [6.07, 6.45) is 2.05. The number of ether oxygens (including phenoxy) is 2. The van der Waals surface area contributed by atoms with Crippen LogP contribution in [-0.4, -0.2) is 30.9 Å². The molecule has 0 radical (unpaired) electrons. The highest BCUT2D eigenvalue weighted by Crippen LogP contribution is 2.23. The van der Waals surface area contributed by atoms with Crippen molar-refractivity contribution in [2.45, 2.75) is 12.8 Å². The van der Waals surface area contributed by atoms with Gasteiger partial charge in [-0.2, -0.15) is 0 Å². The van der Waals surface area contributed by atoms with Crippen molar-refractivity contribution in [3.8, 4) is 5.75 Å². The van der Waals surface area contributed by atoms with E-state index in [4.69, 9.17) is 14.6 Å². The third-order valence-corrected chi connectivity index (χ3v) is 3.51. The van der Waals surface area contributed by atoms with Crippen LogP contribution < -0.4 is 4.74 Å². The summed E-state index contributed by atoms with van der Waals surface area (Å²) < 4.78 is 10.8. The highest BCUT2D eigenvalue weighted by atomic mass is 32.1. The zero-order valence-corrected chi connectivity index (χ0v) is 9.66. The normalized spacial score (nSPS) is 17.2. The molecular weight excluding hydrogens is 228 g/mol.